The normalized spacial score (nSPS) is 10.3. The van der Waals surface area contributed by atoms with E-state index in [0.717, 1.165) is 21.3 Å². The number of para-hydroxylation sites is 1. The number of halogens is 1. The van der Waals surface area contributed by atoms with Crippen LogP contribution in [-0.4, -0.2) is 7.11 Å². The van der Waals surface area contributed by atoms with Gasteiger partial charge in [-0.25, -0.2) is 0 Å². The number of nitrogens with two attached hydrogens (primary N) is 1. The van der Waals surface area contributed by atoms with E-state index < -0.39 is 0 Å². The van der Waals surface area contributed by atoms with Gasteiger partial charge in [-0.15, -0.1) is 0 Å². The van der Waals surface area contributed by atoms with E-state index in [-0.39, 0.29) is 0 Å². The van der Waals surface area contributed by atoms with Crippen LogP contribution in [0.3, 0.4) is 0 Å². The smallest absolute Gasteiger partial charge is 0.166 e. The van der Waals surface area contributed by atoms with E-state index in [1.54, 1.807) is 7.11 Å². The predicted molar refractivity (Wildman–Crippen MR) is 79.4 cm³/mol. The van der Waals surface area contributed by atoms with Crippen LogP contribution in [0.25, 0.3) is 0 Å². The van der Waals surface area contributed by atoms with Gasteiger partial charge < -0.3 is 15.2 Å². The van der Waals surface area contributed by atoms with Gasteiger partial charge in [0.1, 0.15) is 6.61 Å². The van der Waals surface area contributed by atoms with Crippen molar-refractivity contribution < 1.29 is 9.47 Å². The molecule has 0 radical (unpaired) electrons. The van der Waals surface area contributed by atoms with E-state index in [4.69, 9.17) is 15.2 Å². The lowest BCUT2D eigenvalue weighted by Crippen LogP contribution is -2.04. The Hall–Kier alpha value is -1.52. The molecule has 2 rings (SSSR count). The molecule has 2 N–H and O–H groups in total. The summed E-state index contributed by atoms with van der Waals surface area (Å²) >= 11 is 3.41. The highest BCUT2D eigenvalue weighted by Gasteiger charge is 2.09. The number of ether oxygens (including phenoxy) is 2. The number of methoxy groups -OCH3 is 1. The van der Waals surface area contributed by atoms with Gasteiger partial charge in [0.15, 0.2) is 11.5 Å². The lowest BCUT2D eigenvalue weighted by molar-refractivity contribution is 0.281. The summed E-state index contributed by atoms with van der Waals surface area (Å²) in [6.45, 7) is 0.910. The second-order valence-electron chi connectivity index (χ2n) is 4.07. The fourth-order valence-electron chi connectivity index (χ4n) is 1.78. The molecule has 0 saturated carbocycles. The Bertz CT molecular complexity index is 518. The van der Waals surface area contributed by atoms with Crippen molar-refractivity contribution in [2.45, 2.75) is 13.2 Å². The number of hydrogen-bond donors (Lipinski definition) is 1. The van der Waals surface area contributed by atoms with Crippen LogP contribution in [0.5, 0.6) is 11.5 Å². The first-order valence-electron chi connectivity index (χ1n) is 5.97. The molecule has 100 valence electrons. The highest BCUT2D eigenvalue weighted by molar-refractivity contribution is 9.10. The van der Waals surface area contributed by atoms with Crippen molar-refractivity contribution in [1.82, 2.24) is 0 Å². The topological polar surface area (TPSA) is 44.5 Å². The fraction of sp³-hybridized carbons (Fsp3) is 0.200. The molecular formula is C15H16BrNO2. The van der Waals surface area contributed by atoms with Gasteiger partial charge in [-0.1, -0.05) is 40.2 Å². The van der Waals surface area contributed by atoms with Crippen LogP contribution in [0.4, 0.5) is 0 Å². The molecule has 19 heavy (non-hydrogen) atoms. The second kappa shape index (κ2) is 6.59. The average molecular weight is 322 g/mol. The number of benzene rings is 2. The van der Waals surface area contributed by atoms with E-state index in [2.05, 4.69) is 15.9 Å². The van der Waals surface area contributed by atoms with Crippen LogP contribution >= 0.6 is 15.9 Å². The number of rotatable bonds is 5. The van der Waals surface area contributed by atoms with Crippen LogP contribution in [0.1, 0.15) is 11.1 Å². The quantitative estimate of drug-likeness (QED) is 0.916. The molecule has 0 atom stereocenters. The second-order valence-corrected chi connectivity index (χ2v) is 4.98. The van der Waals surface area contributed by atoms with E-state index in [1.807, 2.05) is 42.5 Å². The maximum atomic E-state index is 5.86. The molecular weight excluding hydrogens is 306 g/mol. The average Bonchev–Trinajstić information content (AvgIpc) is 2.46. The van der Waals surface area contributed by atoms with Gasteiger partial charge in [-0.05, 0) is 23.8 Å². The Morgan fingerprint density at radius 3 is 2.47 bits per heavy atom. The molecule has 0 aromatic heterocycles. The summed E-state index contributed by atoms with van der Waals surface area (Å²) < 4.78 is 12.2. The maximum absolute atomic E-state index is 5.86. The monoisotopic (exact) mass is 321 g/mol. The maximum Gasteiger partial charge on any atom is 0.166 e. The van der Waals surface area contributed by atoms with Crippen molar-refractivity contribution in [2.75, 3.05) is 7.11 Å². The summed E-state index contributed by atoms with van der Waals surface area (Å²) in [6.07, 6.45) is 0. The van der Waals surface area contributed by atoms with Crippen LogP contribution in [0, 0.1) is 0 Å². The van der Waals surface area contributed by atoms with Gasteiger partial charge in [0, 0.05) is 16.6 Å². The molecule has 0 heterocycles. The molecule has 4 heteroatoms. The van der Waals surface area contributed by atoms with Gasteiger partial charge in [-0.2, -0.15) is 0 Å². The molecule has 0 unspecified atom stereocenters. The highest BCUT2D eigenvalue weighted by atomic mass is 79.9. The summed E-state index contributed by atoms with van der Waals surface area (Å²) in [4.78, 5) is 0. The first kappa shape index (κ1) is 13.9. The third-order valence-corrected chi connectivity index (χ3v) is 3.33. The SMILES string of the molecule is COc1cccc(CN)c1OCc1ccc(Br)cc1. The van der Waals surface area contributed by atoms with Gasteiger partial charge in [-0.3, -0.25) is 0 Å². The van der Waals surface area contributed by atoms with Gasteiger partial charge in [0.2, 0.25) is 0 Å². The third kappa shape index (κ3) is 3.49. The van der Waals surface area contributed by atoms with Gasteiger partial charge >= 0.3 is 0 Å². The molecule has 0 bridgehead atoms. The summed E-state index contributed by atoms with van der Waals surface area (Å²) in [6, 6.07) is 13.7. The molecule has 0 fully saturated rings. The van der Waals surface area contributed by atoms with E-state index in [1.165, 1.54) is 0 Å². The number of hydrogen-bond acceptors (Lipinski definition) is 3. The van der Waals surface area contributed by atoms with Gasteiger partial charge in [0.25, 0.3) is 0 Å². The van der Waals surface area contributed by atoms with E-state index in [0.29, 0.717) is 18.9 Å². The molecule has 0 aliphatic rings. The summed E-state index contributed by atoms with van der Waals surface area (Å²) in [7, 11) is 1.63. The zero-order chi connectivity index (χ0) is 13.7. The minimum absolute atomic E-state index is 0.423. The molecule has 0 amide bonds. The predicted octanol–water partition coefficient (Wildman–Crippen LogP) is 3.50. The highest BCUT2D eigenvalue weighted by Crippen LogP contribution is 2.31. The fourth-order valence-corrected chi connectivity index (χ4v) is 2.05. The summed E-state index contributed by atoms with van der Waals surface area (Å²) in [5.41, 5.74) is 7.76. The van der Waals surface area contributed by atoms with Gasteiger partial charge in [0.05, 0.1) is 7.11 Å². The molecule has 2 aromatic carbocycles. The molecule has 0 saturated heterocycles. The zero-order valence-corrected chi connectivity index (χ0v) is 12.3. The lowest BCUT2D eigenvalue weighted by atomic mass is 10.2. The van der Waals surface area contributed by atoms with E-state index >= 15 is 0 Å². The van der Waals surface area contributed by atoms with Crippen molar-refractivity contribution >= 4 is 15.9 Å². The van der Waals surface area contributed by atoms with Crippen LogP contribution in [-0.2, 0) is 13.2 Å². The van der Waals surface area contributed by atoms with Crippen LogP contribution < -0.4 is 15.2 Å². The summed E-state index contributed by atoms with van der Waals surface area (Å²) in [5.74, 6) is 1.43. The standard InChI is InChI=1S/C15H16BrNO2/c1-18-14-4-2-3-12(9-17)15(14)19-10-11-5-7-13(16)8-6-11/h2-8H,9-10,17H2,1H3. The summed E-state index contributed by atoms with van der Waals surface area (Å²) in [5, 5.41) is 0. The Morgan fingerprint density at radius 2 is 1.84 bits per heavy atom. The Kier molecular flexibility index (Phi) is 4.82. The first-order valence-corrected chi connectivity index (χ1v) is 6.77. The Balaban J connectivity index is 2.16. The third-order valence-electron chi connectivity index (χ3n) is 2.80. The van der Waals surface area contributed by atoms with Crippen molar-refractivity contribution in [3.8, 4) is 11.5 Å². The largest absolute Gasteiger partial charge is 0.493 e. The molecule has 2 aromatic rings. The van der Waals surface area contributed by atoms with E-state index in [9.17, 15) is 0 Å². The Morgan fingerprint density at radius 1 is 1.11 bits per heavy atom. The molecule has 3 nitrogen and oxygen atoms in total. The van der Waals surface area contributed by atoms with Crippen molar-refractivity contribution in [3.63, 3.8) is 0 Å². The van der Waals surface area contributed by atoms with Crippen molar-refractivity contribution in [2.24, 2.45) is 5.73 Å². The van der Waals surface area contributed by atoms with Crippen molar-refractivity contribution in [1.29, 1.82) is 0 Å². The molecule has 0 aliphatic heterocycles. The van der Waals surface area contributed by atoms with Crippen molar-refractivity contribution in [3.05, 3.63) is 58.1 Å². The molecule has 0 spiro atoms. The molecule has 0 aliphatic carbocycles. The lowest BCUT2D eigenvalue weighted by Gasteiger charge is -2.14. The minimum Gasteiger partial charge on any atom is -0.493 e. The van der Waals surface area contributed by atoms with Crippen LogP contribution in [0.15, 0.2) is 46.9 Å². The first-order chi connectivity index (χ1) is 9.24. The van der Waals surface area contributed by atoms with Crippen LogP contribution in [0.2, 0.25) is 0 Å². The minimum atomic E-state index is 0.423. The Labute approximate surface area is 121 Å². The zero-order valence-electron chi connectivity index (χ0n) is 10.7.